The van der Waals surface area contributed by atoms with Gasteiger partial charge in [-0.1, -0.05) is 58.0 Å². The van der Waals surface area contributed by atoms with Gasteiger partial charge < -0.3 is 5.32 Å². The summed E-state index contributed by atoms with van der Waals surface area (Å²) in [6.45, 7) is 12.0. The fourth-order valence-electron chi connectivity index (χ4n) is 5.16. The standard InChI is InChI=1S/C22H34N2O/c1-15(2)21(16(3)4)22(25)23-20-11-10-18-13-24(14-19(18)20)12-17-8-6-5-7-9-17/h5-9,15-16,18-21H,10-14H2,1-4H3,(H,23,25)/t18-,19?,20?/m1/s1. The van der Waals surface area contributed by atoms with Crippen LogP contribution in [-0.4, -0.2) is 29.9 Å². The number of nitrogens with one attached hydrogen (secondary N) is 1. The lowest BCUT2D eigenvalue weighted by molar-refractivity contribution is -0.128. The van der Waals surface area contributed by atoms with Gasteiger partial charge >= 0.3 is 0 Å². The minimum Gasteiger partial charge on any atom is -0.353 e. The predicted octanol–water partition coefficient (Wildman–Crippen LogP) is 3.94. The first-order chi connectivity index (χ1) is 12.0. The number of hydrogen-bond acceptors (Lipinski definition) is 2. The van der Waals surface area contributed by atoms with Gasteiger partial charge in [0, 0.05) is 31.6 Å². The molecule has 2 fully saturated rings. The van der Waals surface area contributed by atoms with E-state index in [1.165, 1.54) is 18.5 Å². The maximum Gasteiger partial charge on any atom is 0.223 e. The van der Waals surface area contributed by atoms with E-state index in [1.54, 1.807) is 0 Å². The summed E-state index contributed by atoms with van der Waals surface area (Å²) in [6.07, 6.45) is 2.41. The first-order valence-corrected chi connectivity index (χ1v) is 10.0. The molecule has 0 bridgehead atoms. The van der Waals surface area contributed by atoms with Crippen LogP contribution in [0.25, 0.3) is 0 Å². The highest BCUT2D eigenvalue weighted by Gasteiger charge is 2.43. The monoisotopic (exact) mass is 342 g/mol. The van der Waals surface area contributed by atoms with E-state index in [9.17, 15) is 4.79 Å². The van der Waals surface area contributed by atoms with Crippen LogP contribution in [0.4, 0.5) is 0 Å². The lowest BCUT2D eigenvalue weighted by Gasteiger charge is -2.28. The van der Waals surface area contributed by atoms with Crippen LogP contribution in [0.2, 0.25) is 0 Å². The number of amides is 1. The molecule has 1 saturated heterocycles. The quantitative estimate of drug-likeness (QED) is 0.849. The lowest BCUT2D eigenvalue weighted by Crippen LogP contribution is -2.45. The van der Waals surface area contributed by atoms with Gasteiger partial charge in [-0.15, -0.1) is 0 Å². The first kappa shape index (κ1) is 18.4. The molecule has 3 rings (SSSR count). The number of carbonyl (C=O) groups is 1. The average molecular weight is 343 g/mol. The van der Waals surface area contributed by atoms with Crippen molar-refractivity contribution in [1.29, 1.82) is 0 Å². The second-order valence-corrected chi connectivity index (χ2v) is 8.81. The molecule has 138 valence electrons. The average Bonchev–Trinajstić information content (AvgIpc) is 3.09. The van der Waals surface area contributed by atoms with E-state index in [-0.39, 0.29) is 11.8 Å². The first-order valence-electron chi connectivity index (χ1n) is 10.0. The second-order valence-electron chi connectivity index (χ2n) is 8.81. The number of fused-ring (bicyclic) bond motifs is 1. The Balaban J connectivity index is 1.58. The van der Waals surface area contributed by atoms with Crippen molar-refractivity contribution < 1.29 is 4.79 Å². The number of nitrogens with zero attached hydrogens (tertiary/aromatic N) is 1. The van der Waals surface area contributed by atoms with Gasteiger partial charge in [0.15, 0.2) is 0 Å². The van der Waals surface area contributed by atoms with E-state index in [4.69, 9.17) is 0 Å². The summed E-state index contributed by atoms with van der Waals surface area (Å²) in [5.74, 6) is 2.59. The summed E-state index contributed by atoms with van der Waals surface area (Å²) in [6, 6.07) is 11.1. The summed E-state index contributed by atoms with van der Waals surface area (Å²) in [4.78, 5) is 15.4. The van der Waals surface area contributed by atoms with Crippen LogP contribution in [0, 0.1) is 29.6 Å². The van der Waals surface area contributed by atoms with Gasteiger partial charge in [-0.3, -0.25) is 9.69 Å². The molecule has 1 saturated carbocycles. The number of rotatable bonds is 6. The molecular weight excluding hydrogens is 308 g/mol. The van der Waals surface area contributed by atoms with Crippen molar-refractivity contribution in [3.63, 3.8) is 0 Å². The Hall–Kier alpha value is -1.35. The van der Waals surface area contributed by atoms with Crippen molar-refractivity contribution in [2.75, 3.05) is 13.1 Å². The molecular formula is C22H34N2O. The van der Waals surface area contributed by atoms with Gasteiger partial charge in [-0.2, -0.15) is 0 Å². The largest absolute Gasteiger partial charge is 0.353 e. The number of likely N-dealkylation sites (tertiary alicyclic amines) is 1. The molecule has 0 spiro atoms. The van der Waals surface area contributed by atoms with Crippen LogP contribution in [0.15, 0.2) is 30.3 Å². The third-order valence-corrected chi connectivity index (χ3v) is 6.25. The Morgan fingerprint density at radius 3 is 2.40 bits per heavy atom. The van der Waals surface area contributed by atoms with Gasteiger partial charge in [-0.05, 0) is 42.1 Å². The van der Waals surface area contributed by atoms with E-state index in [0.717, 1.165) is 25.4 Å². The van der Waals surface area contributed by atoms with Crippen LogP contribution in [-0.2, 0) is 11.3 Å². The Labute approximate surface area is 153 Å². The third-order valence-electron chi connectivity index (χ3n) is 6.25. The maximum atomic E-state index is 12.8. The van der Waals surface area contributed by atoms with E-state index >= 15 is 0 Å². The Bertz CT molecular complexity index is 561. The molecule has 2 aliphatic rings. The van der Waals surface area contributed by atoms with E-state index in [2.05, 4.69) is 68.2 Å². The van der Waals surface area contributed by atoms with Gasteiger partial charge in [0.1, 0.15) is 0 Å². The molecule has 1 heterocycles. The molecule has 3 heteroatoms. The fourth-order valence-corrected chi connectivity index (χ4v) is 5.16. The van der Waals surface area contributed by atoms with E-state index < -0.39 is 0 Å². The maximum absolute atomic E-state index is 12.8. The zero-order valence-electron chi connectivity index (χ0n) is 16.2. The molecule has 0 aromatic heterocycles. The summed E-state index contributed by atoms with van der Waals surface area (Å²) in [5.41, 5.74) is 1.39. The lowest BCUT2D eigenvalue weighted by atomic mass is 9.84. The molecule has 25 heavy (non-hydrogen) atoms. The van der Waals surface area contributed by atoms with Crippen LogP contribution in [0.5, 0.6) is 0 Å². The van der Waals surface area contributed by atoms with E-state index in [0.29, 0.717) is 23.8 Å². The minimum absolute atomic E-state index is 0.126. The molecule has 1 aliphatic heterocycles. The van der Waals surface area contributed by atoms with Crippen LogP contribution in [0.1, 0.15) is 46.1 Å². The van der Waals surface area contributed by atoms with Gasteiger partial charge in [0.25, 0.3) is 0 Å². The van der Waals surface area contributed by atoms with Crippen molar-refractivity contribution in [3.05, 3.63) is 35.9 Å². The Morgan fingerprint density at radius 1 is 1.08 bits per heavy atom. The highest BCUT2D eigenvalue weighted by molar-refractivity contribution is 5.79. The fraction of sp³-hybridized carbons (Fsp3) is 0.682. The van der Waals surface area contributed by atoms with Gasteiger partial charge in [0.05, 0.1) is 0 Å². The molecule has 1 amide bonds. The van der Waals surface area contributed by atoms with Crippen molar-refractivity contribution in [3.8, 4) is 0 Å². The smallest absolute Gasteiger partial charge is 0.223 e. The normalized spacial score (nSPS) is 26.6. The summed E-state index contributed by atoms with van der Waals surface area (Å²) >= 11 is 0. The molecule has 1 aliphatic carbocycles. The molecule has 1 aromatic carbocycles. The number of hydrogen-bond donors (Lipinski definition) is 1. The SMILES string of the molecule is CC(C)C(C(=O)NC1CC[C@@H]2CN(Cc3ccccc3)CC12)C(C)C. The second kappa shape index (κ2) is 7.90. The zero-order chi connectivity index (χ0) is 18.0. The van der Waals surface area contributed by atoms with Crippen molar-refractivity contribution >= 4 is 5.91 Å². The molecule has 1 N–H and O–H groups in total. The molecule has 3 nitrogen and oxygen atoms in total. The zero-order valence-corrected chi connectivity index (χ0v) is 16.2. The van der Waals surface area contributed by atoms with Crippen molar-refractivity contribution in [1.82, 2.24) is 10.2 Å². The minimum atomic E-state index is 0.126. The van der Waals surface area contributed by atoms with Gasteiger partial charge in [-0.25, -0.2) is 0 Å². The topological polar surface area (TPSA) is 32.3 Å². The molecule has 3 atom stereocenters. The van der Waals surface area contributed by atoms with Crippen LogP contribution < -0.4 is 5.32 Å². The van der Waals surface area contributed by atoms with Crippen LogP contribution >= 0.6 is 0 Å². The van der Waals surface area contributed by atoms with Gasteiger partial charge in [0.2, 0.25) is 5.91 Å². The van der Waals surface area contributed by atoms with E-state index in [1.807, 2.05) is 0 Å². The highest BCUT2D eigenvalue weighted by Crippen LogP contribution is 2.39. The molecule has 1 aromatic rings. The Kier molecular flexibility index (Phi) is 5.83. The summed E-state index contributed by atoms with van der Waals surface area (Å²) < 4.78 is 0. The predicted molar refractivity (Wildman–Crippen MR) is 103 cm³/mol. The summed E-state index contributed by atoms with van der Waals surface area (Å²) in [5, 5.41) is 3.43. The third kappa shape index (κ3) is 4.25. The van der Waals surface area contributed by atoms with Crippen molar-refractivity contribution in [2.45, 2.75) is 53.1 Å². The summed E-state index contributed by atoms with van der Waals surface area (Å²) in [7, 11) is 0. The number of benzene rings is 1. The van der Waals surface area contributed by atoms with Crippen LogP contribution in [0.3, 0.4) is 0 Å². The molecule has 0 radical (unpaired) electrons. The molecule has 2 unspecified atom stereocenters. The number of carbonyl (C=O) groups excluding carboxylic acids is 1. The van der Waals surface area contributed by atoms with Crippen molar-refractivity contribution in [2.24, 2.45) is 29.6 Å². The highest BCUT2D eigenvalue weighted by atomic mass is 16.2. The Morgan fingerprint density at radius 2 is 1.76 bits per heavy atom.